The van der Waals surface area contributed by atoms with Crippen LogP contribution in [0.4, 0.5) is 0 Å². The maximum atomic E-state index is 5.05. The monoisotopic (exact) mass is 147 g/mol. The molecule has 2 nitrogen and oxygen atoms in total. The van der Waals surface area contributed by atoms with E-state index in [-0.39, 0.29) is 4.87 Å². The number of thioether (sulfide) groups is 1. The minimum Gasteiger partial charge on any atom is -0.382 e. The minimum atomic E-state index is 0.189. The van der Waals surface area contributed by atoms with Crippen molar-refractivity contribution in [1.82, 2.24) is 5.32 Å². The first-order chi connectivity index (χ1) is 4.27. The van der Waals surface area contributed by atoms with Gasteiger partial charge in [0.15, 0.2) is 0 Å². The van der Waals surface area contributed by atoms with Gasteiger partial charge in [0.1, 0.15) is 0 Å². The first-order valence-corrected chi connectivity index (χ1v) is 4.13. The average Bonchev–Trinajstić information content (AvgIpc) is 2.16. The Morgan fingerprint density at radius 3 is 3.00 bits per heavy atom. The third-order valence-electron chi connectivity index (χ3n) is 1.44. The Labute approximate surface area is 60.3 Å². The fraction of sp³-hybridized carbons (Fsp3) is 1.00. The van der Waals surface area contributed by atoms with Gasteiger partial charge in [-0.3, -0.25) is 0 Å². The molecular weight excluding hydrogens is 134 g/mol. The van der Waals surface area contributed by atoms with Gasteiger partial charge in [-0.25, -0.2) is 0 Å². The second-order valence-corrected chi connectivity index (χ2v) is 4.04. The maximum absolute atomic E-state index is 5.05. The van der Waals surface area contributed by atoms with Gasteiger partial charge >= 0.3 is 0 Å². The summed E-state index contributed by atoms with van der Waals surface area (Å²) in [5.41, 5.74) is 0. The van der Waals surface area contributed by atoms with Crippen molar-refractivity contribution < 1.29 is 4.74 Å². The van der Waals surface area contributed by atoms with Crippen molar-refractivity contribution >= 4 is 11.8 Å². The van der Waals surface area contributed by atoms with Crippen LogP contribution in [0.2, 0.25) is 0 Å². The summed E-state index contributed by atoms with van der Waals surface area (Å²) in [6.45, 7) is 4.09. The number of methoxy groups -OCH3 is 1. The van der Waals surface area contributed by atoms with E-state index in [0.717, 1.165) is 13.2 Å². The van der Waals surface area contributed by atoms with E-state index in [2.05, 4.69) is 12.2 Å². The first kappa shape index (κ1) is 7.38. The van der Waals surface area contributed by atoms with E-state index < -0.39 is 0 Å². The number of nitrogens with one attached hydrogen (secondary N) is 1. The van der Waals surface area contributed by atoms with Gasteiger partial charge < -0.3 is 10.1 Å². The molecule has 0 aromatic heterocycles. The van der Waals surface area contributed by atoms with Crippen LogP contribution in [0.5, 0.6) is 0 Å². The lowest BCUT2D eigenvalue weighted by atomic mass is 10.3. The molecule has 0 amide bonds. The molecule has 1 unspecified atom stereocenters. The molecule has 0 bridgehead atoms. The van der Waals surface area contributed by atoms with E-state index in [9.17, 15) is 0 Å². The summed E-state index contributed by atoms with van der Waals surface area (Å²) in [7, 11) is 1.74. The van der Waals surface area contributed by atoms with Crippen molar-refractivity contribution in [2.75, 3.05) is 26.0 Å². The Morgan fingerprint density at radius 1 is 1.78 bits per heavy atom. The number of ether oxygens (including phenoxy) is 1. The quantitative estimate of drug-likeness (QED) is 0.621. The summed E-state index contributed by atoms with van der Waals surface area (Å²) >= 11 is 1.93. The van der Waals surface area contributed by atoms with Crippen molar-refractivity contribution in [2.45, 2.75) is 11.8 Å². The van der Waals surface area contributed by atoms with Gasteiger partial charge in [-0.1, -0.05) is 0 Å². The van der Waals surface area contributed by atoms with Crippen molar-refractivity contribution in [2.24, 2.45) is 0 Å². The van der Waals surface area contributed by atoms with E-state index >= 15 is 0 Å². The van der Waals surface area contributed by atoms with E-state index in [1.54, 1.807) is 7.11 Å². The maximum Gasteiger partial charge on any atom is 0.0853 e. The van der Waals surface area contributed by atoms with Gasteiger partial charge in [0, 0.05) is 19.4 Å². The van der Waals surface area contributed by atoms with E-state index in [4.69, 9.17) is 4.74 Å². The molecule has 1 aliphatic heterocycles. The standard InChI is InChI=1S/C6H13NOS/c1-6(5-8-2)7-3-4-9-6/h7H,3-5H2,1-2H3. The molecule has 3 heteroatoms. The van der Waals surface area contributed by atoms with Gasteiger partial charge in [0.05, 0.1) is 11.5 Å². The highest BCUT2D eigenvalue weighted by atomic mass is 32.2. The molecule has 1 fully saturated rings. The van der Waals surface area contributed by atoms with Crippen LogP contribution >= 0.6 is 11.8 Å². The third-order valence-corrected chi connectivity index (χ3v) is 2.75. The highest BCUT2D eigenvalue weighted by Gasteiger charge is 2.28. The zero-order valence-electron chi connectivity index (χ0n) is 5.94. The fourth-order valence-electron chi connectivity index (χ4n) is 1.01. The molecule has 1 rings (SSSR count). The molecule has 1 N–H and O–H groups in total. The topological polar surface area (TPSA) is 21.3 Å². The number of hydrogen-bond donors (Lipinski definition) is 1. The van der Waals surface area contributed by atoms with Gasteiger partial charge in [0.25, 0.3) is 0 Å². The Kier molecular flexibility index (Phi) is 2.38. The Morgan fingerprint density at radius 2 is 2.56 bits per heavy atom. The van der Waals surface area contributed by atoms with Crippen LogP contribution < -0.4 is 5.32 Å². The van der Waals surface area contributed by atoms with Crippen LogP contribution in [0.3, 0.4) is 0 Å². The summed E-state index contributed by atoms with van der Waals surface area (Å²) in [6, 6.07) is 0. The lowest BCUT2D eigenvalue weighted by Gasteiger charge is -2.21. The predicted molar refractivity (Wildman–Crippen MR) is 40.7 cm³/mol. The lowest BCUT2D eigenvalue weighted by molar-refractivity contribution is 0.164. The smallest absolute Gasteiger partial charge is 0.0853 e. The van der Waals surface area contributed by atoms with Gasteiger partial charge in [0.2, 0.25) is 0 Å². The molecule has 0 spiro atoms. The Balaban J connectivity index is 2.32. The zero-order valence-corrected chi connectivity index (χ0v) is 6.75. The summed E-state index contributed by atoms with van der Waals surface area (Å²) in [5.74, 6) is 1.21. The molecule has 54 valence electrons. The molecule has 0 aliphatic carbocycles. The van der Waals surface area contributed by atoms with Gasteiger partial charge in [-0.2, -0.15) is 0 Å². The predicted octanol–water partition coefficient (Wildman–Crippen LogP) is 0.685. The molecule has 1 saturated heterocycles. The molecule has 1 atom stereocenters. The Hall–Kier alpha value is 0.270. The van der Waals surface area contributed by atoms with E-state index in [0.29, 0.717) is 0 Å². The van der Waals surface area contributed by atoms with E-state index in [1.165, 1.54) is 5.75 Å². The molecule has 1 heterocycles. The average molecular weight is 147 g/mol. The highest BCUT2D eigenvalue weighted by molar-refractivity contribution is 8.00. The van der Waals surface area contributed by atoms with Crippen molar-refractivity contribution in [1.29, 1.82) is 0 Å². The molecule has 0 saturated carbocycles. The largest absolute Gasteiger partial charge is 0.382 e. The molecule has 1 aliphatic rings. The van der Waals surface area contributed by atoms with Crippen LogP contribution in [0.25, 0.3) is 0 Å². The normalized spacial score (nSPS) is 35.3. The van der Waals surface area contributed by atoms with E-state index in [1.807, 2.05) is 11.8 Å². The van der Waals surface area contributed by atoms with Crippen LogP contribution in [0, 0.1) is 0 Å². The summed E-state index contributed by atoms with van der Waals surface area (Å²) < 4.78 is 5.05. The fourth-order valence-corrected chi connectivity index (χ4v) is 2.07. The number of rotatable bonds is 2. The highest BCUT2D eigenvalue weighted by Crippen LogP contribution is 2.26. The van der Waals surface area contributed by atoms with Gasteiger partial charge in [-0.15, -0.1) is 11.8 Å². The summed E-state index contributed by atoms with van der Waals surface area (Å²) in [6.07, 6.45) is 0. The van der Waals surface area contributed by atoms with Crippen LogP contribution in [-0.2, 0) is 4.74 Å². The number of hydrogen-bond acceptors (Lipinski definition) is 3. The van der Waals surface area contributed by atoms with Crippen molar-refractivity contribution in [3.05, 3.63) is 0 Å². The second-order valence-electron chi connectivity index (χ2n) is 2.44. The first-order valence-electron chi connectivity index (χ1n) is 3.15. The molecule has 0 aromatic rings. The lowest BCUT2D eigenvalue weighted by Crippen LogP contribution is -2.38. The van der Waals surface area contributed by atoms with Gasteiger partial charge in [-0.05, 0) is 6.92 Å². The molecular formula is C6H13NOS. The van der Waals surface area contributed by atoms with Crippen molar-refractivity contribution in [3.63, 3.8) is 0 Å². The molecule has 9 heavy (non-hydrogen) atoms. The SMILES string of the molecule is COCC1(C)NCCS1. The second kappa shape index (κ2) is 2.90. The molecule has 0 aromatic carbocycles. The van der Waals surface area contributed by atoms with Crippen molar-refractivity contribution in [3.8, 4) is 0 Å². The Bertz CT molecular complexity index is 91.1. The van der Waals surface area contributed by atoms with Crippen LogP contribution in [0.15, 0.2) is 0 Å². The molecule has 0 radical (unpaired) electrons. The van der Waals surface area contributed by atoms with Crippen LogP contribution in [-0.4, -0.2) is 30.9 Å². The van der Waals surface area contributed by atoms with Crippen LogP contribution in [0.1, 0.15) is 6.92 Å². The minimum absolute atomic E-state index is 0.189. The summed E-state index contributed by atoms with van der Waals surface area (Å²) in [5, 5.41) is 3.37. The third kappa shape index (κ3) is 1.85. The zero-order chi connectivity index (χ0) is 6.74. The summed E-state index contributed by atoms with van der Waals surface area (Å²) in [4.78, 5) is 0.189.